The van der Waals surface area contributed by atoms with Crippen LogP contribution >= 0.6 is 34.4 Å². The summed E-state index contributed by atoms with van der Waals surface area (Å²) < 4.78 is 14.8. The Bertz CT molecular complexity index is 1580. The Morgan fingerprint density at radius 2 is 1.85 bits per heavy atom. The topological polar surface area (TPSA) is 88.4 Å². The summed E-state index contributed by atoms with van der Waals surface area (Å²) in [6.07, 6.45) is 1.43. The number of carbonyl (C=O) groups excluding carboxylic acids is 1. The molecule has 200 valence electrons. The molecule has 0 saturated carbocycles. The molecule has 10 heteroatoms. The van der Waals surface area contributed by atoms with E-state index in [4.69, 9.17) is 14.6 Å². The molecule has 0 spiro atoms. The number of rotatable bonds is 8. The van der Waals surface area contributed by atoms with E-state index in [0.29, 0.717) is 46.8 Å². The van der Waals surface area contributed by atoms with Gasteiger partial charge in [-0.1, -0.05) is 61.2 Å². The van der Waals surface area contributed by atoms with Crippen molar-refractivity contribution in [1.82, 2.24) is 10.1 Å². The van der Waals surface area contributed by atoms with Crippen molar-refractivity contribution in [2.45, 2.75) is 38.2 Å². The molecule has 1 aliphatic rings. The number of anilines is 1. The van der Waals surface area contributed by atoms with E-state index >= 15 is 0 Å². The van der Waals surface area contributed by atoms with Gasteiger partial charge < -0.3 is 9.47 Å². The standard InChI is InChI=1S/C29H27IN4O4S/c1-4-24(35)33-22-14-10-9-13-20(22)25-27(36)31-29(39-3)32-34(25)28(33)19-15-21(30)26(23(16-19)37-5-2)38-17-18-11-7-6-8-12-18/h6-16,28H,4-5,17H2,1-3H3/p+1. The van der Waals surface area contributed by atoms with E-state index in [1.807, 2.05) is 86.8 Å². The molecular formula is C29H28IN4O4S+. The first kappa shape index (κ1) is 27.2. The van der Waals surface area contributed by atoms with Crippen LogP contribution in [0.2, 0.25) is 0 Å². The van der Waals surface area contributed by atoms with Gasteiger partial charge in [-0.2, -0.15) is 0 Å². The van der Waals surface area contributed by atoms with Crippen LogP contribution in [0.3, 0.4) is 0 Å². The van der Waals surface area contributed by atoms with Gasteiger partial charge >= 0.3 is 11.3 Å². The number of ether oxygens (including phenoxy) is 2. The predicted octanol–water partition coefficient (Wildman–Crippen LogP) is 5.33. The zero-order chi connectivity index (χ0) is 27.5. The molecule has 1 amide bonds. The molecule has 1 aromatic heterocycles. The van der Waals surface area contributed by atoms with Gasteiger partial charge in [0.05, 0.1) is 27.0 Å². The molecule has 5 rings (SSSR count). The van der Waals surface area contributed by atoms with E-state index < -0.39 is 6.17 Å². The fourth-order valence-corrected chi connectivity index (χ4v) is 5.82. The van der Waals surface area contributed by atoms with E-state index in [2.05, 4.69) is 27.6 Å². The van der Waals surface area contributed by atoms with E-state index in [0.717, 1.165) is 14.7 Å². The first-order chi connectivity index (χ1) is 19.0. The van der Waals surface area contributed by atoms with Crippen molar-refractivity contribution in [3.63, 3.8) is 0 Å². The van der Waals surface area contributed by atoms with Gasteiger partial charge in [-0.25, -0.2) is 4.90 Å². The Labute approximate surface area is 244 Å². The number of para-hydroxylation sites is 1. The number of H-pyrrole nitrogens is 1. The number of fused-ring (bicyclic) bond motifs is 3. The molecule has 4 aromatic rings. The number of carbonyl (C=O) groups is 1. The molecule has 2 heterocycles. The van der Waals surface area contributed by atoms with Crippen LogP contribution in [0.4, 0.5) is 5.69 Å². The average Bonchev–Trinajstić information content (AvgIpc) is 2.95. The van der Waals surface area contributed by atoms with Crippen LogP contribution in [0, 0.1) is 3.57 Å². The molecule has 0 bridgehead atoms. The van der Waals surface area contributed by atoms with Gasteiger partial charge in [0.15, 0.2) is 11.5 Å². The Hall–Kier alpha value is -3.38. The fraction of sp³-hybridized carbons (Fsp3) is 0.241. The summed E-state index contributed by atoms with van der Waals surface area (Å²) in [5.74, 6) is 1.11. The number of nitrogens with one attached hydrogen (secondary N) is 1. The monoisotopic (exact) mass is 655 g/mol. The number of amides is 1. The highest BCUT2D eigenvalue weighted by atomic mass is 127. The fourth-order valence-electron chi connectivity index (χ4n) is 4.67. The zero-order valence-electron chi connectivity index (χ0n) is 21.8. The highest BCUT2D eigenvalue weighted by Gasteiger charge is 2.45. The summed E-state index contributed by atoms with van der Waals surface area (Å²) in [4.78, 5) is 31.5. The predicted molar refractivity (Wildman–Crippen MR) is 159 cm³/mol. The largest absolute Gasteiger partial charge is 0.490 e. The van der Waals surface area contributed by atoms with E-state index in [1.54, 1.807) is 9.58 Å². The van der Waals surface area contributed by atoms with Crippen molar-refractivity contribution in [2.24, 2.45) is 0 Å². The van der Waals surface area contributed by atoms with Gasteiger partial charge in [0.1, 0.15) is 6.61 Å². The summed E-state index contributed by atoms with van der Waals surface area (Å²) >= 11 is 3.57. The lowest BCUT2D eigenvalue weighted by molar-refractivity contribution is -0.763. The highest BCUT2D eigenvalue weighted by molar-refractivity contribution is 14.1. The molecule has 0 saturated heterocycles. The smallest absolute Gasteiger partial charge is 0.325 e. The number of aromatic amines is 1. The zero-order valence-corrected chi connectivity index (χ0v) is 24.8. The van der Waals surface area contributed by atoms with Crippen LogP contribution in [-0.4, -0.2) is 28.9 Å². The second-order valence-corrected chi connectivity index (χ2v) is 10.8. The number of hydrogen-bond acceptors (Lipinski definition) is 6. The Morgan fingerprint density at radius 1 is 1.10 bits per heavy atom. The minimum absolute atomic E-state index is 0.0873. The van der Waals surface area contributed by atoms with Crippen LogP contribution in [0.5, 0.6) is 11.5 Å². The molecular weight excluding hydrogens is 627 g/mol. The minimum Gasteiger partial charge on any atom is -0.490 e. The first-order valence-corrected chi connectivity index (χ1v) is 14.9. The van der Waals surface area contributed by atoms with Crippen molar-refractivity contribution >= 4 is 45.9 Å². The number of aromatic nitrogens is 3. The second-order valence-electron chi connectivity index (χ2n) is 8.80. The van der Waals surface area contributed by atoms with Crippen LogP contribution in [-0.2, 0) is 11.4 Å². The average molecular weight is 656 g/mol. The lowest BCUT2D eigenvalue weighted by Gasteiger charge is -2.32. The maximum atomic E-state index is 13.5. The quantitative estimate of drug-likeness (QED) is 0.157. The van der Waals surface area contributed by atoms with Crippen LogP contribution in [0.15, 0.2) is 76.7 Å². The lowest BCUT2D eigenvalue weighted by Crippen LogP contribution is -2.60. The van der Waals surface area contributed by atoms with E-state index in [-0.39, 0.29) is 17.9 Å². The Morgan fingerprint density at radius 3 is 2.56 bits per heavy atom. The lowest BCUT2D eigenvalue weighted by atomic mass is 10.0. The number of nitrogens with zero attached hydrogens (tertiary/aromatic N) is 3. The molecule has 0 aliphatic carbocycles. The molecule has 1 unspecified atom stereocenters. The number of halogens is 1. The van der Waals surface area contributed by atoms with Crippen LogP contribution in [0.1, 0.15) is 37.6 Å². The summed E-state index contributed by atoms with van der Waals surface area (Å²) in [6, 6.07) is 21.2. The molecule has 3 aromatic carbocycles. The summed E-state index contributed by atoms with van der Waals surface area (Å²) in [7, 11) is 0. The van der Waals surface area contributed by atoms with E-state index in [1.165, 1.54) is 11.8 Å². The second kappa shape index (κ2) is 11.8. The molecule has 0 radical (unpaired) electrons. The molecule has 39 heavy (non-hydrogen) atoms. The maximum Gasteiger partial charge on any atom is 0.325 e. The van der Waals surface area contributed by atoms with Gasteiger partial charge in [-0.05, 0) is 70.3 Å². The van der Waals surface area contributed by atoms with Gasteiger partial charge in [-0.3, -0.25) is 14.6 Å². The van der Waals surface area contributed by atoms with Crippen molar-refractivity contribution < 1.29 is 19.0 Å². The highest BCUT2D eigenvalue weighted by Crippen LogP contribution is 2.41. The van der Waals surface area contributed by atoms with Crippen molar-refractivity contribution in [3.05, 3.63) is 91.8 Å². The Kier molecular flexibility index (Phi) is 8.22. The number of hydrogen-bond donors (Lipinski definition) is 1. The van der Waals surface area contributed by atoms with Gasteiger partial charge in [-0.15, -0.1) is 0 Å². The molecule has 1 atom stereocenters. The molecule has 0 fully saturated rings. The minimum atomic E-state index is -0.702. The summed E-state index contributed by atoms with van der Waals surface area (Å²) in [5.41, 5.74) is 3.24. The van der Waals surface area contributed by atoms with Crippen molar-refractivity contribution in [2.75, 3.05) is 17.8 Å². The SMILES string of the molecule is CCOc1cc(C2N(C(=O)CC)c3ccccc3-c3c(=O)[nH]c(SC)n[n+]32)cc(I)c1OCc1ccccc1. The van der Waals surface area contributed by atoms with Crippen molar-refractivity contribution in [1.29, 1.82) is 0 Å². The third-order valence-corrected chi connectivity index (χ3v) is 7.75. The van der Waals surface area contributed by atoms with Crippen molar-refractivity contribution in [3.8, 4) is 22.8 Å². The Balaban J connectivity index is 1.70. The van der Waals surface area contributed by atoms with Crippen LogP contribution < -0.4 is 24.6 Å². The third kappa shape index (κ3) is 5.27. The van der Waals surface area contributed by atoms with Gasteiger partial charge in [0.2, 0.25) is 11.1 Å². The number of benzene rings is 3. The molecule has 8 nitrogen and oxygen atoms in total. The van der Waals surface area contributed by atoms with Gasteiger partial charge in [0.25, 0.3) is 6.17 Å². The first-order valence-electron chi connectivity index (χ1n) is 12.6. The summed E-state index contributed by atoms with van der Waals surface area (Å²) in [5, 5.41) is 5.23. The maximum absolute atomic E-state index is 13.5. The normalized spacial score (nSPS) is 13.9. The number of thioether (sulfide) groups is 1. The molecule has 1 N–H and O–H groups in total. The van der Waals surface area contributed by atoms with Gasteiger partial charge in [0, 0.05) is 11.5 Å². The van der Waals surface area contributed by atoms with Crippen LogP contribution in [0.25, 0.3) is 11.3 Å². The van der Waals surface area contributed by atoms with E-state index in [9.17, 15) is 9.59 Å². The third-order valence-electron chi connectivity index (χ3n) is 6.38. The summed E-state index contributed by atoms with van der Waals surface area (Å²) in [6.45, 7) is 4.57. The molecule has 1 aliphatic heterocycles.